The molecule has 5 heteroatoms. The van der Waals surface area contributed by atoms with E-state index in [9.17, 15) is 4.39 Å². The predicted octanol–water partition coefficient (Wildman–Crippen LogP) is 3.02. The maximum Gasteiger partial charge on any atom is 0.191 e. The highest BCUT2D eigenvalue weighted by atomic mass is 32.2. The number of thioether (sulfide) groups is 1. The highest BCUT2D eigenvalue weighted by molar-refractivity contribution is 7.98. The topological polar surface area (TPSA) is 36.4 Å². The van der Waals surface area contributed by atoms with Gasteiger partial charge in [0.2, 0.25) is 0 Å². The summed E-state index contributed by atoms with van der Waals surface area (Å²) in [5.74, 6) is 2.37. The van der Waals surface area contributed by atoms with E-state index in [1.54, 1.807) is 17.8 Å². The molecule has 0 saturated carbocycles. The minimum Gasteiger partial charge on any atom is -0.357 e. The van der Waals surface area contributed by atoms with Crippen LogP contribution < -0.4 is 10.6 Å². The number of rotatable bonds is 8. The maximum absolute atomic E-state index is 13.4. The first-order valence-corrected chi connectivity index (χ1v) is 8.26. The Kier molecular flexibility index (Phi) is 8.87. The summed E-state index contributed by atoms with van der Waals surface area (Å²) in [4.78, 5) is 4.43. The Hall–Kier alpha value is -1.23. The molecule has 3 nitrogen and oxygen atoms in total. The van der Waals surface area contributed by atoms with Gasteiger partial charge in [-0.25, -0.2) is 4.39 Å². The van der Waals surface area contributed by atoms with Gasteiger partial charge in [0.25, 0.3) is 0 Å². The lowest BCUT2D eigenvalue weighted by Crippen LogP contribution is -2.38. The van der Waals surface area contributed by atoms with Crippen LogP contribution in [0.5, 0.6) is 0 Å². The molecule has 0 unspecified atom stereocenters. The fourth-order valence-corrected chi connectivity index (χ4v) is 2.45. The summed E-state index contributed by atoms with van der Waals surface area (Å²) in [7, 11) is 0. The molecule has 0 atom stereocenters. The van der Waals surface area contributed by atoms with Gasteiger partial charge in [-0.15, -0.1) is 0 Å². The second kappa shape index (κ2) is 10.5. The van der Waals surface area contributed by atoms with Crippen LogP contribution in [0, 0.1) is 5.82 Å². The molecule has 2 N–H and O–H groups in total. The maximum atomic E-state index is 13.4. The summed E-state index contributed by atoms with van der Waals surface area (Å²) in [6.45, 7) is 6.68. The van der Waals surface area contributed by atoms with Gasteiger partial charge in [0.05, 0.1) is 0 Å². The monoisotopic (exact) mass is 297 g/mol. The van der Waals surface area contributed by atoms with E-state index < -0.39 is 0 Å². The zero-order chi connectivity index (χ0) is 14.6. The minimum atomic E-state index is -0.120. The number of nitrogens with one attached hydrogen (secondary N) is 2. The van der Waals surface area contributed by atoms with Gasteiger partial charge in [-0.3, -0.25) is 4.99 Å². The summed E-state index contributed by atoms with van der Waals surface area (Å²) >= 11 is 1.72. The van der Waals surface area contributed by atoms with Crippen LogP contribution in [0.3, 0.4) is 0 Å². The molecule has 0 heterocycles. The van der Waals surface area contributed by atoms with E-state index in [-0.39, 0.29) is 5.82 Å². The van der Waals surface area contributed by atoms with Crippen LogP contribution in [0.15, 0.2) is 29.3 Å². The van der Waals surface area contributed by atoms with Crippen molar-refractivity contribution in [3.05, 3.63) is 35.6 Å². The molecule has 0 aliphatic heterocycles. The third kappa shape index (κ3) is 6.80. The standard InChI is InChI=1S/C15H24FN3S/c1-3-9-18-15(17-4-2)19-10-11-20-12-13-7-5-6-8-14(13)16/h5-8H,3-4,9-12H2,1-2H3,(H2,17,18,19). The SMILES string of the molecule is CCCN=C(NCC)NCCSCc1ccccc1F. The molecular formula is C15H24FN3S. The smallest absolute Gasteiger partial charge is 0.191 e. The predicted molar refractivity (Wildman–Crippen MR) is 86.8 cm³/mol. The molecule has 1 aromatic carbocycles. The number of nitrogens with zero attached hydrogens (tertiary/aromatic N) is 1. The Bertz CT molecular complexity index is 410. The van der Waals surface area contributed by atoms with Crippen LogP contribution in [0.2, 0.25) is 0 Å². The normalized spacial score (nSPS) is 11.4. The van der Waals surface area contributed by atoms with Crippen molar-refractivity contribution in [2.45, 2.75) is 26.0 Å². The zero-order valence-corrected chi connectivity index (χ0v) is 13.1. The van der Waals surface area contributed by atoms with Crippen LogP contribution in [-0.2, 0) is 5.75 Å². The molecule has 0 amide bonds. The van der Waals surface area contributed by atoms with Gasteiger partial charge in [-0.05, 0) is 25.0 Å². The van der Waals surface area contributed by atoms with Crippen molar-refractivity contribution in [1.82, 2.24) is 10.6 Å². The Labute approximate surface area is 125 Å². The number of hydrogen-bond acceptors (Lipinski definition) is 2. The van der Waals surface area contributed by atoms with Crippen molar-refractivity contribution in [3.63, 3.8) is 0 Å². The first kappa shape index (κ1) is 16.8. The fraction of sp³-hybridized carbons (Fsp3) is 0.533. The summed E-state index contributed by atoms with van der Waals surface area (Å²) in [6.07, 6.45) is 1.04. The molecular weight excluding hydrogens is 273 g/mol. The molecule has 0 spiro atoms. The van der Waals surface area contributed by atoms with Crippen LogP contribution >= 0.6 is 11.8 Å². The van der Waals surface area contributed by atoms with Gasteiger partial charge in [0.1, 0.15) is 5.82 Å². The Morgan fingerprint density at radius 1 is 1.25 bits per heavy atom. The first-order valence-electron chi connectivity index (χ1n) is 7.11. The lowest BCUT2D eigenvalue weighted by molar-refractivity contribution is 0.617. The summed E-state index contributed by atoms with van der Waals surface area (Å²) in [5.41, 5.74) is 0.768. The van der Waals surface area contributed by atoms with Crippen molar-refractivity contribution in [1.29, 1.82) is 0 Å². The van der Waals surface area contributed by atoms with Crippen LogP contribution in [-0.4, -0.2) is 31.3 Å². The quantitative estimate of drug-likeness (QED) is 0.440. The molecule has 0 fully saturated rings. The molecule has 0 saturated heterocycles. The molecule has 0 aliphatic rings. The second-order valence-corrected chi connectivity index (χ2v) is 5.44. The van der Waals surface area contributed by atoms with E-state index in [1.807, 2.05) is 12.1 Å². The van der Waals surface area contributed by atoms with Crippen molar-refractivity contribution in [2.75, 3.05) is 25.4 Å². The number of guanidine groups is 1. The highest BCUT2D eigenvalue weighted by Gasteiger charge is 2.00. The molecule has 1 aromatic rings. The lowest BCUT2D eigenvalue weighted by atomic mass is 10.2. The molecule has 0 bridgehead atoms. The van der Waals surface area contributed by atoms with Crippen LogP contribution in [0.4, 0.5) is 4.39 Å². The van der Waals surface area contributed by atoms with E-state index in [1.165, 1.54) is 6.07 Å². The fourth-order valence-electron chi connectivity index (χ4n) is 1.60. The van der Waals surface area contributed by atoms with Crippen LogP contribution in [0.1, 0.15) is 25.8 Å². The third-order valence-corrected chi connectivity index (χ3v) is 3.60. The summed E-state index contributed by atoms with van der Waals surface area (Å²) < 4.78 is 13.4. The lowest BCUT2D eigenvalue weighted by Gasteiger charge is -2.11. The van der Waals surface area contributed by atoms with Gasteiger partial charge in [0, 0.05) is 31.1 Å². The Balaban J connectivity index is 2.22. The molecule has 112 valence electrons. The van der Waals surface area contributed by atoms with E-state index in [0.29, 0.717) is 5.75 Å². The van der Waals surface area contributed by atoms with Gasteiger partial charge in [0.15, 0.2) is 5.96 Å². The van der Waals surface area contributed by atoms with Gasteiger partial charge >= 0.3 is 0 Å². The number of benzene rings is 1. The van der Waals surface area contributed by atoms with Crippen LogP contribution in [0.25, 0.3) is 0 Å². The Morgan fingerprint density at radius 2 is 2.05 bits per heavy atom. The second-order valence-electron chi connectivity index (χ2n) is 4.33. The zero-order valence-electron chi connectivity index (χ0n) is 12.3. The van der Waals surface area contributed by atoms with E-state index >= 15 is 0 Å². The van der Waals surface area contributed by atoms with Gasteiger partial charge in [-0.1, -0.05) is 25.1 Å². The van der Waals surface area contributed by atoms with Crippen molar-refractivity contribution in [3.8, 4) is 0 Å². The van der Waals surface area contributed by atoms with Gasteiger partial charge < -0.3 is 10.6 Å². The van der Waals surface area contributed by atoms with Crippen molar-refractivity contribution in [2.24, 2.45) is 4.99 Å². The van der Waals surface area contributed by atoms with Crippen molar-refractivity contribution >= 4 is 17.7 Å². The highest BCUT2D eigenvalue weighted by Crippen LogP contribution is 2.14. The van der Waals surface area contributed by atoms with E-state index in [2.05, 4.69) is 29.5 Å². The molecule has 0 aromatic heterocycles. The van der Waals surface area contributed by atoms with E-state index in [4.69, 9.17) is 0 Å². The third-order valence-electron chi connectivity index (χ3n) is 2.59. The first-order chi connectivity index (χ1) is 9.77. The van der Waals surface area contributed by atoms with Gasteiger partial charge in [-0.2, -0.15) is 11.8 Å². The number of aliphatic imine (C=N–C) groups is 1. The molecule has 20 heavy (non-hydrogen) atoms. The van der Waals surface area contributed by atoms with E-state index in [0.717, 1.165) is 43.3 Å². The summed E-state index contributed by atoms with van der Waals surface area (Å²) in [5, 5.41) is 6.49. The van der Waals surface area contributed by atoms with Crippen molar-refractivity contribution < 1.29 is 4.39 Å². The number of halogens is 1. The molecule has 0 aliphatic carbocycles. The molecule has 0 radical (unpaired) electrons. The average molecular weight is 297 g/mol. The molecule has 1 rings (SSSR count). The Morgan fingerprint density at radius 3 is 2.75 bits per heavy atom. The number of hydrogen-bond donors (Lipinski definition) is 2. The largest absolute Gasteiger partial charge is 0.357 e. The minimum absolute atomic E-state index is 0.120. The average Bonchev–Trinajstić information content (AvgIpc) is 2.46. The summed E-state index contributed by atoms with van der Waals surface area (Å²) in [6, 6.07) is 6.94.